The molecule has 0 aliphatic carbocycles. The molecule has 9 heteroatoms. The summed E-state index contributed by atoms with van der Waals surface area (Å²) >= 11 is 0. The molecule has 2 aromatic rings. The van der Waals surface area contributed by atoms with Crippen molar-refractivity contribution in [3.8, 4) is 5.75 Å². The van der Waals surface area contributed by atoms with Crippen LogP contribution < -0.4 is 9.64 Å². The molecule has 9 nitrogen and oxygen atoms in total. The van der Waals surface area contributed by atoms with Crippen molar-refractivity contribution in [3.63, 3.8) is 0 Å². The van der Waals surface area contributed by atoms with Gasteiger partial charge in [0, 0.05) is 62.1 Å². The number of pyridine rings is 1. The Morgan fingerprint density at radius 3 is 2.42 bits per heavy atom. The Morgan fingerprint density at radius 1 is 1.10 bits per heavy atom. The fourth-order valence-electron chi connectivity index (χ4n) is 5.56. The largest absolute Gasteiger partial charge is 0.497 e. The fraction of sp³-hybridized carbons (Fsp3) is 0.581. The summed E-state index contributed by atoms with van der Waals surface area (Å²) in [5, 5.41) is 0. The molecule has 40 heavy (non-hydrogen) atoms. The molecule has 2 aliphatic rings. The number of benzene rings is 1. The monoisotopic (exact) mass is 552 g/mol. The van der Waals surface area contributed by atoms with Gasteiger partial charge in [0.05, 0.1) is 32.0 Å². The van der Waals surface area contributed by atoms with Gasteiger partial charge >= 0.3 is 6.09 Å². The highest BCUT2D eigenvalue weighted by atomic mass is 16.6. The molecule has 0 bridgehead atoms. The second-order valence-corrected chi connectivity index (χ2v) is 12.6. The van der Waals surface area contributed by atoms with Crippen molar-refractivity contribution < 1.29 is 23.8 Å². The van der Waals surface area contributed by atoms with Crippen molar-refractivity contribution in [1.29, 1.82) is 0 Å². The van der Waals surface area contributed by atoms with Crippen LogP contribution in [0.1, 0.15) is 58.4 Å². The van der Waals surface area contributed by atoms with Crippen molar-refractivity contribution in [2.24, 2.45) is 0 Å². The van der Waals surface area contributed by atoms with E-state index >= 15 is 0 Å². The highest BCUT2D eigenvalue weighted by molar-refractivity contribution is 5.97. The number of hydrogen-bond acceptors (Lipinski definition) is 7. The van der Waals surface area contributed by atoms with Crippen molar-refractivity contribution in [2.75, 3.05) is 51.9 Å². The molecule has 0 N–H and O–H groups in total. The third-order valence-corrected chi connectivity index (χ3v) is 7.64. The highest BCUT2D eigenvalue weighted by Gasteiger charge is 2.41. The molecular formula is C31H44N4O5. The summed E-state index contributed by atoms with van der Waals surface area (Å²) < 4.78 is 16.4. The SMILES string of the molecule is COC[C@H]1CN(C(=O)OC(C)(C)C)[C@H](C)CN1CC(=O)N1CC(C)(C)c2cnc(Cc3ccc(OC)cc3)cc21. The minimum absolute atomic E-state index is 0.0347. The average molecular weight is 553 g/mol. The maximum Gasteiger partial charge on any atom is 0.410 e. The molecule has 3 heterocycles. The van der Waals surface area contributed by atoms with Crippen molar-refractivity contribution >= 4 is 17.7 Å². The number of carbonyl (C=O) groups is 2. The Bertz CT molecular complexity index is 1210. The van der Waals surface area contributed by atoms with Crippen LogP contribution in [0.3, 0.4) is 0 Å². The number of fused-ring (bicyclic) bond motifs is 1. The summed E-state index contributed by atoms with van der Waals surface area (Å²) in [6.45, 7) is 14.1. The van der Waals surface area contributed by atoms with Crippen LogP contribution in [0.15, 0.2) is 36.5 Å². The number of piperazine rings is 1. The first kappa shape index (κ1) is 29.8. The summed E-state index contributed by atoms with van der Waals surface area (Å²) in [5.74, 6) is 0.852. The number of amides is 2. The maximum absolute atomic E-state index is 13.9. The Kier molecular flexibility index (Phi) is 8.75. The molecule has 2 aliphatic heterocycles. The van der Waals surface area contributed by atoms with E-state index < -0.39 is 5.60 Å². The summed E-state index contributed by atoms with van der Waals surface area (Å²) in [5.41, 5.74) is 3.27. The topological polar surface area (TPSA) is 84.4 Å². The molecule has 1 aromatic carbocycles. The molecular weight excluding hydrogens is 508 g/mol. The fourth-order valence-corrected chi connectivity index (χ4v) is 5.56. The summed E-state index contributed by atoms with van der Waals surface area (Å²) in [6, 6.07) is 9.81. The van der Waals surface area contributed by atoms with Gasteiger partial charge in [-0.2, -0.15) is 0 Å². The third kappa shape index (κ3) is 6.75. The Hall–Kier alpha value is -3.17. The van der Waals surface area contributed by atoms with E-state index in [-0.39, 0.29) is 36.0 Å². The number of rotatable bonds is 7. The lowest BCUT2D eigenvalue weighted by Crippen LogP contribution is -2.62. The van der Waals surface area contributed by atoms with Crippen molar-refractivity contribution in [2.45, 2.75) is 71.1 Å². The molecule has 1 saturated heterocycles. The van der Waals surface area contributed by atoms with E-state index in [1.54, 1.807) is 19.1 Å². The quantitative estimate of drug-likeness (QED) is 0.508. The van der Waals surface area contributed by atoms with Gasteiger partial charge in [-0.1, -0.05) is 26.0 Å². The van der Waals surface area contributed by atoms with Gasteiger partial charge in [0.2, 0.25) is 5.91 Å². The summed E-state index contributed by atoms with van der Waals surface area (Å²) in [4.78, 5) is 37.3. The number of nitrogens with zero attached hydrogens (tertiary/aromatic N) is 4. The summed E-state index contributed by atoms with van der Waals surface area (Å²) in [7, 11) is 3.30. The predicted molar refractivity (Wildman–Crippen MR) is 155 cm³/mol. The van der Waals surface area contributed by atoms with Crippen molar-refractivity contribution in [1.82, 2.24) is 14.8 Å². The smallest absolute Gasteiger partial charge is 0.410 e. The Balaban J connectivity index is 1.51. The summed E-state index contributed by atoms with van der Waals surface area (Å²) in [6.07, 6.45) is 2.26. The second kappa shape index (κ2) is 11.7. The first-order valence-corrected chi connectivity index (χ1v) is 14.0. The van der Waals surface area contributed by atoms with Gasteiger partial charge in [0.25, 0.3) is 0 Å². The first-order chi connectivity index (χ1) is 18.8. The lowest BCUT2D eigenvalue weighted by molar-refractivity contribution is -0.121. The van der Waals surface area contributed by atoms with E-state index in [1.165, 1.54) is 0 Å². The second-order valence-electron chi connectivity index (χ2n) is 12.6. The number of aromatic nitrogens is 1. The predicted octanol–water partition coefficient (Wildman–Crippen LogP) is 4.26. The number of anilines is 1. The molecule has 4 rings (SSSR count). The number of hydrogen-bond donors (Lipinski definition) is 0. The van der Waals surface area contributed by atoms with Crippen LogP contribution in [0.25, 0.3) is 0 Å². The molecule has 0 unspecified atom stereocenters. The van der Waals surface area contributed by atoms with E-state index in [0.29, 0.717) is 32.7 Å². The van der Waals surface area contributed by atoms with Crippen LogP contribution in [0.5, 0.6) is 5.75 Å². The lowest BCUT2D eigenvalue weighted by atomic mass is 9.88. The van der Waals surface area contributed by atoms with E-state index in [1.807, 2.05) is 63.1 Å². The lowest BCUT2D eigenvalue weighted by Gasteiger charge is -2.45. The Labute approximate surface area is 238 Å². The van der Waals surface area contributed by atoms with Crippen LogP contribution in [0.2, 0.25) is 0 Å². The van der Waals surface area contributed by atoms with Crippen LogP contribution in [-0.2, 0) is 26.1 Å². The first-order valence-electron chi connectivity index (χ1n) is 14.0. The van der Waals surface area contributed by atoms with Crippen LogP contribution in [0, 0.1) is 0 Å². The van der Waals surface area contributed by atoms with Crippen LogP contribution >= 0.6 is 0 Å². The standard InChI is InChI=1S/C31H44N4O5/c1-21-16-33(24(19-38-7)17-34(21)29(37)40-30(2,3)4)18-28(36)35-20-31(5,6)26-15-32-23(14-27(26)35)13-22-9-11-25(39-8)12-10-22/h9-12,14-15,21,24H,13,16-20H2,1-8H3/t21-,24-/m1/s1. The van der Waals surface area contributed by atoms with E-state index in [9.17, 15) is 9.59 Å². The van der Waals surface area contributed by atoms with E-state index in [0.717, 1.165) is 28.3 Å². The zero-order valence-electron chi connectivity index (χ0n) is 25.2. The Morgan fingerprint density at radius 2 is 1.80 bits per heavy atom. The molecule has 2 amide bonds. The minimum atomic E-state index is -0.572. The van der Waals surface area contributed by atoms with Crippen molar-refractivity contribution in [3.05, 3.63) is 53.3 Å². The van der Waals surface area contributed by atoms with E-state index in [2.05, 4.69) is 24.8 Å². The van der Waals surface area contributed by atoms with E-state index in [4.69, 9.17) is 19.2 Å². The average Bonchev–Trinajstić information content (AvgIpc) is 3.15. The number of methoxy groups -OCH3 is 2. The maximum atomic E-state index is 13.9. The van der Waals surface area contributed by atoms with Gasteiger partial charge < -0.3 is 24.0 Å². The molecule has 1 fully saturated rings. The van der Waals surface area contributed by atoms with Gasteiger partial charge in [-0.05, 0) is 51.5 Å². The van der Waals surface area contributed by atoms with Gasteiger partial charge in [-0.3, -0.25) is 14.7 Å². The number of carbonyl (C=O) groups excluding carboxylic acids is 2. The molecule has 0 radical (unpaired) electrons. The van der Waals surface area contributed by atoms with Crippen LogP contribution in [-0.4, -0.2) is 91.5 Å². The molecule has 0 saturated carbocycles. The normalized spacial score (nSPS) is 20.8. The molecule has 1 aromatic heterocycles. The molecule has 2 atom stereocenters. The van der Waals surface area contributed by atoms with Gasteiger partial charge in [0.15, 0.2) is 0 Å². The molecule has 218 valence electrons. The zero-order chi connectivity index (χ0) is 29.2. The molecule has 0 spiro atoms. The highest BCUT2D eigenvalue weighted by Crippen LogP contribution is 2.40. The van der Waals surface area contributed by atoms with Crippen LogP contribution in [0.4, 0.5) is 10.5 Å². The zero-order valence-corrected chi connectivity index (χ0v) is 25.2. The van der Waals surface area contributed by atoms with Gasteiger partial charge in [-0.25, -0.2) is 4.79 Å². The number of ether oxygens (including phenoxy) is 3. The van der Waals surface area contributed by atoms with Gasteiger partial charge in [0.1, 0.15) is 11.4 Å². The third-order valence-electron chi connectivity index (χ3n) is 7.64. The minimum Gasteiger partial charge on any atom is -0.497 e. The van der Waals surface area contributed by atoms with Gasteiger partial charge in [-0.15, -0.1) is 0 Å².